The van der Waals surface area contributed by atoms with Crippen molar-refractivity contribution in [1.82, 2.24) is 4.90 Å². The molecule has 0 saturated carbocycles. The molecule has 5 nitrogen and oxygen atoms in total. The van der Waals surface area contributed by atoms with Gasteiger partial charge >= 0.3 is 5.97 Å². The molecule has 0 bridgehead atoms. The largest absolute Gasteiger partial charge is 0.465 e. The van der Waals surface area contributed by atoms with Crippen LogP contribution < -0.4 is 5.32 Å². The highest BCUT2D eigenvalue weighted by Gasteiger charge is 2.18. The average molecular weight is 312 g/mol. The highest BCUT2D eigenvalue weighted by Crippen LogP contribution is 2.23. The number of amides is 1. The highest BCUT2D eigenvalue weighted by atomic mass is 32.1. The summed E-state index contributed by atoms with van der Waals surface area (Å²) in [6, 6.07) is 2.05. The van der Waals surface area contributed by atoms with E-state index in [1.54, 1.807) is 11.4 Å². The van der Waals surface area contributed by atoms with Gasteiger partial charge in [0.25, 0.3) is 0 Å². The predicted octanol–water partition coefficient (Wildman–Crippen LogP) is 2.84. The van der Waals surface area contributed by atoms with Crippen molar-refractivity contribution in [2.45, 2.75) is 33.2 Å². The van der Waals surface area contributed by atoms with E-state index in [0.29, 0.717) is 29.1 Å². The van der Waals surface area contributed by atoms with E-state index in [2.05, 4.69) is 30.8 Å². The van der Waals surface area contributed by atoms with Crippen molar-refractivity contribution in [3.05, 3.63) is 16.3 Å². The fraction of sp³-hybridized carbons (Fsp3) is 0.600. The summed E-state index contributed by atoms with van der Waals surface area (Å²) >= 11 is 1.25. The number of thiophene rings is 1. The number of ether oxygens (including phenoxy) is 1. The third-order valence-corrected chi connectivity index (χ3v) is 4.16. The Labute approximate surface area is 130 Å². The molecule has 1 heterocycles. The van der Waals surface area contributed by atoms with Crippen LogP contribution in [0.3, 0.4) is 0 Å². The van der Waals surface area contributed by atoms with E-state index in [1.165, 1.54) is 18.4 Å². The van der Waals surface area contributed by atoms with Crippen molar-refractivity contribution in [1.29, 1.82) is 0 Å². The van der Waals surface area contributed by atoms with E-state index < -0.39 is 5.97 Å². The number of carbonyl (C=O) groups is 2. The highest BCUT2D eigenvalue weighted by molar-refractivity contribution is 7.12. The monoisotopic (exact) mass is 312 g/mol. The summed E-state index contributed by atoms with van der Waals surface area (Å²) in [5, 5.41) is 4.53. The minimum Gasteiger partial charge on any atom is -0.465 e. The van der Waals surface area contributed by atoms with E-state index in [1.807, 2.05) is 11.9 Å². The first-order chi connectivity index (χ1) is 9.85. The fourth-order valence-corrected chi connectivity index (χ4v) is 2.86. The summed E-state index contributed by atoms with van der Waals surface area (Å²) in [4.78, 5) is 26.1. The molecular formula is C15H24N2O3S. The van der Waals surface area contributed by atoms with Crippen LogP contribution in [0, 0.1) is 5.92 Å². The van der Waals surface area contributed by atoms with Gasteiger partial charge in [-0.2, -0.15) is 0 Å². The standard InChI is InChI=1S/C15H24N2O3S/c1-10(2)8-11(3)17(4)9-13(18)16-12-6-7-21-14(12)15(19)20-5/h6-7,10-11H,8-9H2,1-5H3,(H,16,18). The number of rotatable bonds is 7. The minimum absolute atomic E-state index is 0.128. The second kappa shape index (κ2) is 8.14. The van der Waals surface area contributed by atoms with Crippen molar-refractivity contribution in [2.24, 2.45) is 5.92 Å². The maximum atomic E-state index is 12.1. The Morgan fingerprint density at radius 3 is 2.62 bits per heavy atom. The third kappa shape index (κ3) is 5.47. The quantitative estimate of drug-likeness (QED) is 0.787. The molecule has 0 fully saturated rings. The fourth-order valence-electron chi connectivity index (χ4n) is 2.09. The molecule has 0 saturated heterocycles. The van der Waals surface area contributed by atoms with Crippen LogP contribution in [-0.4, -0.2) is 43.5 Å². The summed E-state index contributed by atoms with van der Waals surface area (Å²) in [6.07, 6.45) is 1.04. The Balaban J connectivity index is 2.58. The molecule has 0 aliphatic heterocycles. The average Bonchev–Trinajstić information content (AvgIpc) is 2.84. The second-order valence-electron chi connectivity index (χ2n) is 5.60. The molecule has 1 rings (SSSR count). The number of likely N-dealkylation sites (N-methyl/N-ethyl adjacent to an activating group) is 1. The van der Waals surface area contributed by atoms with Gasteiger partial charge in [0.15, 0.2) is 0 Å². The summed E-state index contributed by atoms with van der Waals surface area (Å²) in [5.41, 5.74) is 0.516. The van der Waals surface area contributed by atoms with Crippen LogP contribution in [0.1, 0.15) is 36.9 Å². The molecule has 0 spiro atoms. The molecule has 1 N–H and O–H groups in total. The number of nitrogens with one attached hydrogen (secondary N) is 1. The lowest BCUT2D eigenvalue weighted by molar-refractivity contribution is -0.117. The van der Waals surface area contributed by atoms with Gasteiger partial charge in [-0.05, 0) is 37.8 Å². The Kier molecular flexibility index (Phi) is 6.84. The molecule has 1 amide bonds. The maximum absolute atomic E-state index is 12.1. The Hall–Kier alpha value is -1.40. The molecule has 1 unspecified atom stereocenters. The zero-order valence-corrected chi connectivity index (χ0v) is 14.1. The molecule has 0 aliphatic rings. The van der Waals surface area contributed by atoms with Crippen molar-refractivity contribution >= 4 is 28.9 Å². The van der Waals surface area contributed by atoms with E-state index in [9.17, 15) is 9.59 Å². The van der Waals surface area contributed by atoms with E-state index in [0.717, 1.165) is 6.42 Å². The van der Waals surface area contributed by atoms with Crippen molar-refractivity contribution in [3.8, 4) is 0 Å². The summed E-state index contributed by atoms with van der Waals surface area (Å²) in [5.74, 6) is 0.0341. The van der Waals surface area contributed by atoms with Gasteiger partial charge in [0.05, 0.1) is 19.3 Å². The first-order valence-corrected chi connectivity index (χ1v) is 7.89. The van der Waals surface area contributed by atoms with Crippen LogP contribution in [0.25, 0.3) is 0 Å². The molecular weight excluding hydrogens is 288 g/mol. The van der Waals surface area contributed by atoms with Crippen LogP contribution in [0.2, 0.25) is 0 Å². The number of carbonyl (C=O) groups excluding carboxylic acids is 2. The third-order valence-electron chi connectivity index (χ3n) is 3.27. The Bertz CT molecular complexity index is 485. The van der Waals surface area contributed by atoms with E-state index in [-0.39, 0.29) is 5.91 Å². The normalized spacial score (nSPS) is 12.5. The number of hydrogen-bond donors (Lipinski definition) is 1. The lowest BCUT2D eigenvalue weighted by atomic mass is 10.0. The number of anilines is 1. The van der Waals surface area contributed by atoms with Gasteiger partial charge in [0.1, 0.15) is 4.88 Å². The molecule has 0 aliphatic carbocycles. The molecule has 1 aromatic heterocycles. The molecule has 6 heteroatoms. The number of esters is 1. The van der Waals surface area contributed by atoms with Gasteiger partial charge in [-0.3, -0.25) is 9.69 Å². The predicted molar refractivity (Wildman–Crippen MR) is 85.8 cm³/mol. The molecule has 0 aromatic carbocycles. The molecule has 21 heavy (non-hydrogen) atoms. The van der Waals surface area contributed by atoms with Crippen LogP contribution in [0.15, 0.2) is 11.4 Å². The van der Waals surface area contributed by atoms with Gasteiger partial charge in [-0.25, -0.2) is 4.79 Å². The van der Waals surface area contributed by atoms with Crippen LogP contribution in [0.4, 0.5) is 5.69 Å². The van der Waals surface area contributed by atoms with Crippen molar-refractivity contribution < 1.29 is 14.3 Å². The zero-order chi connectivity index (χ0) is 16.0. The van der Waals surface area contributed by atoms with Crippen molar-refractivity contribution in [2.75, 3.05) is 26.0 Å². The topological polar surface area (TPSA) is 58.6 Å². The molecule has 0 radical (unpaired) electrons. The number of methoxy groups -OCH3 is 1. The van der Waals surface area contributed by atoms with Gasteiger partial charge in [0, 0.05) is 6.04 Å². The second-order valence-corrected chi connectivity index (χ2v) is 6.51. The van der Waals surface area contributed by atoms with Crippen molar-refractivity contribution in [3.63, 3.8) is 0 Å². The van der Waals surface area contributed by atoms with Crippen LogP contribution >= 0.6 is 11.3 Å². The van der Waals surface area contributed by atoms with Gasteiger partial charge in [-0.15, -0.1) is 11.3 Å². The number of hydrogen-bond acceptors (Lipinski definition) is 5. The van der Waals surface area contributed by atoms with Crippen LogP contribution in [-0.2, 0) is 9.53 Å². The zero-order valence-electron chi connectivity index (χ0n) is 13.3. The van der Waals surface area contributed by atoms with Crippen LogP contribution in [0.5, 0.6) is 0 Å². The lowest BCUT2D eigenvalue weighted by Crippen LogP contribution is -2.37. The van der Waals surface area contributed by atoms with E-state index in [4.69, 9.17) is 0 Å². The summed E-state index contributed by atoms with van der Waals surface area (Å²) in [6.45, 7) is 6.74. The van der Waals surface area contributed by atoms with Gasteiger partial charge < -0.3 is 10.1 Å². The van der Waals surface area contributed by atoms with Gasteiger partial charge in [0.2, 0.25) is 5.91 Å². The molecule has 118 valence electrons. The lowest BCUT2D eigenvalue weighted by Gasteiger charge is -2.25. The number of nitrogens with zero attached hydrogens (tertiary/aromatic N) is 1. The molecule has 1 aromatic rings. The Morgan fingerprint density at radius 2 is 2.05 bits per heavy atom. The van der Waals surface area contributed by atoms with E-state index >= 15 is 0 Å². The SMILES string of the molecule is COC(=O)c1sccc1NC(=O)CN(C)C(C)CC(C)C. The minimum atomic E-state index is -0.429. The first kappa shape index (κ1) is 17.7. The maximum Gasteiger partial charge on any atom is 0.350 e. The first-order valence-electron chi connectivity index (χ1n) is 7.01. The molecule has 1 atom stereocenters. The van der Waals surface area contributed by atoms with Gasteiger partial charge in [-0.1, -0.05) is 13.8 Å². The Morgan fingerprint density at radius 1 is 1.38 bits per heavy atom. The summed E-state index contributed by atoms with van der Waals surface area (Å²) < 4.78 is 4.69. The smallest absolute Gasteiger partial charge is 0.350 e. The summed E-state index contributed by atoms with van der Waals surface area (Å²) in [7, 11) is 3.26.